The summed E-state index contributed by atoms with van der Waals surface area (Å²) < 4.78 is 2.13. The summed E-state index contributed by atoms with van der Waals surface area (Å²) in [4.78, 5) is 2.56. The SMILES string of the molecule is c1ccc2c(c1)CCN(CCCn1ncc3ccccc31)C2. The normalized spacial score (nSPS) is 15.1. The molecule has 3 heteroatoms. The lowest BCUT2D eigenvalue weighted by molar-refractivity contribution is 0.245. The van der Waals surface area contributed by atoms with Crippen molar-refractivity contribution in [2.75, 3.05) is 13.1 Å². The van der Waals surface area contributed by atoms with Crippen LogP contribution in [0.2, 0.25) is 0 Å². The Bertz CT molecular complexity index is 775. The number of hydrogen-bond donors (Lipinski definition) is 0. The lowest BCUT2D eigenvalue weighted by Crippen LogP contribution is -2.31. The Morgan fingerprint density at radius 2 is 1.73 bits per heavy atom. The molecule has 112 valence electrons. The van der Waals surface area contributed by atoms with Gasteiger partial charge in [0.2, 0.25) is 0 Å². The third kappa shape index (κ3) is 2.64. The molecule has 22 heavy (non-hydrogen) atoms. The van der Waals surface area contributed by atoms with Gasteiger partial charge in [-0.15, -0.1) is 0 Å². The minimum atomic E-state index is 0.992. The van der Waals surface area contributed by atoms with Gasteiger partial charge in [0.1, 0.15) is 0 Å². The summed E-state index contributed by atoms with van der Waals surface area (Å²) in [6.45, 7) is 4.40. The average Bonchev–Trinajstić information content (AvgIpc) is 2.98. The van der Waals surface area contributed by atoms with Crippen molar-refractivity contribution in [1.82, 2.24) is 14.7 Å². The van der Waals surface area contributed by atoms with Gasteiger partial charge in [-0.3, -0.25) is 9.58 Å². The predicted octanol–water partition coefficient (Wildman–Crippen LogP) is 3.48. The number of aryl methyl sites for hydroxylation is 1. The summed E-state index contributed by atoms with van der Waals surface area (Å²) in [5.74, 6) is 0. The molecule has 0 N–H and O–H groups in total. The van der Waals surface area contributed by atoms with Gasteiger partial charge in [-0.25, -0.2) is 0 Å². The van der Waals surface area contributed by atoms with Gasteiger partial charge in [0, 0.05) is 31.6 Å². The highest BCUT2D eigenvalue weighted by atomic mass is 15.3. The van der Waals surface area contributed by atoms with Gasteiger partial charge in [-0.2, -0.15) is 5.10 Å². The Morgan fingerprint density at radius 3 is 2.68 bits per heavy atom. The van der Waals surface area contributed by atoms with Crippen molar-refractivity contribution in [2.45, 2.75) is 25.9 Å². The van der Waals surface area contributed by atoms with Crippen molar-refractivity contribution in [3.05, 3.63) is 65.9 Å². The summed E-state index contributed by atoms with van der Waals surface area (Å²) in [5, 5.41) is 5.74. The smallest absolute Gasteiger partial charge is 0.0682 e. The molecule has 1 aliphatic rings. The molecule has 0 saturated carbocycles. The van der Waals surface area contributed by atoms with Crippen LogP contribution >= 0.6 is 0 Å². The van der Waals surface area contributed by atoms with E-state index < -0.39 is 0 Å². The Balaban J connectivity index is 1.36. The molecule has 1 aromatic heterocycles. The summed E-state index contributed by atoms with van der Waals surface area (Å²) >= 11 is 0. The summed E-state index contributed by atoms with van der Waals surface area (Å²) in [6, 6.07) is 17.3. The van der Waals surface area contributed by atoms with Crippen molar-refractivity contribution < 1.29 is 0 Å². The highest BCUT2D eigenvalue weighted by molar-refractivity contribution is 5.78. The zero-order valence-electron chi connectivity index (χ0n) is 12.8. The van der Waals surface area contributed by atoms with Crippen LogP contribution in [-0.2, 0) is 19.5 Å². The quantitative estimate of drug-likeness (QED) is 0.734. The first-order chi connectivity index (χ1) is 10.9. The predicted molar refractivity (Wildman–Crippen MR) is 89.8 cm³/mol. The van der Waals surface area contributed by atoms with Gasteiger partial charge in [0.05, 0.1) is 11.7 Å². The van der Waals surface area contributed by atoms with Crippen LogP contribution < -0.4 is 0 Å². The highest BCUT2D eigenvalue weighted by Gasteiger charge is 2.15. The molecule has 0 atom stereocenters. The van der Waals surface area contributed by atoms with Crippen molar-refractivity contribution in [1.29, 1.82) is 0 Å². The minimum Gasteiger partial charge on any atom is -0.299 e. The van der Waals surface area contributed by atoms with Gasteiger partial charge in [0.15, 0.2) is 0 Å². The first-order valence-corrected chi connectivity index (χ1v) is 8.10. The summed E-state index contributed by atoms with van der Waals surface area (Å²) in [7, 11) is 0. The maximum absolute atomic E-state index is 4.51. The van der Waals surface area contributed by atoms with E-state index in [1.165, 1.54) is 35.0 Å². The molecule has 0 fully saturated rings. The number of nitrogens with zero attached hydrogens (tertiary/aromatic N) is 3. The van der Waals surface area contributed by atoms with Crippen LogP contribution in [0.3, 0.4) is 0 Å². The Morgan fingerprint density at radius 1 is 0.909 bits per heavy atom. The molecule has 0 aliphatic carbocycles. The van der Waals surface area contributed by atoms with Crippen molar-refractivity contribution in [3.8, 4) is 0 Å². The number of benzene rings is 2. The molecular weight excluding hydrogens is 270 g/mol. The van der Waals surface area contributed by atoms with Crippen molar-refractivity contribution >= 4 is 10.9 Å². The monoisotopic (exact) mass is 291 g/mol. The molecule has 0 unspecified atom stereocenters. The molecule has 0 saturated heterocycles. The largest absolute Gasteiger partial charge is 0.299 e. The van der Waals surface area contributed by atoms with Crippen LogP contribution in [-0.4, -0.2) is 27.8 Å². The fourth-order valence-corrected chi connectivity index (χ4v) is 3.39. The second-order valence-corrected chi connectivity index (χ2v) is 6.07. The zero-order chi connectivity index (χ0) is 14.8. The van der Waals surface area contributed by atoms with Crippen molar-refractivity contribution in [3.63, 3.8) is 0 Å². The van der Waals surface area contributed by atoms with E-state index in [1.807, 2.05) is 6.20 Å². The minimum absolute atomic E-state index is 0.992. The summed E-state index contributed by atoms with van der Waals surface area (Å²) in [5.41, 5.74) is 4.27. The van der Waals surface area contributed by atoms with E-state index in [1.54, 1.807) is 0 Å². The third-order valence-corrected chi connectivity index (χ3v) is 4.61. The second kappa shape index (κ2) is 5.93. The van der Waals surface area contributed by atoms with E-state index in [0.29, 0.717) is 0 Å². The fraction of sp³-hybridized carbons (Fsp3) is 0.316. The fourth-order valence-electron chi connectivity index (χ4n) is 3.39. The van der Waals surface area contributed by atoms with Gasteiger partial charge < -0.3 is 0 Å². The van der Waals surface area contributed by atoms with Gasteiger partial charge in [0.25, 0.3) is 0 Å². The van der Waals surface area contributed by atoms with Crippen LogP contribution in [0.25, 0.3) is 10.9 Å². The number of para-hydroxylation sites is 1. The van der Waals surface area contributed by atoms with E-state index in [9.17, 15) is 0 Å². The number of rotatable bonds is 4. The molecule has 2 aromatic carbocycles. The van der Waals surface area contributed by atoms with Crippen LogP contribution in [0, 0.1) is 0 Å². The lowest BCUT2D eigenvalue weighted by Gasteiger charge is -2.28. The first kappa shape index (κ1) is 13.5. The zero-order valence-corrected chi connectivity index (χ0v) is 12.8. The molecule has 0 amide bonds. The van der Waals surface area contributed by atoms with E-state index >= 15 is 0 Å². The molecule has 4 rings (SSSR count). The van der Waals surface area contributed by atoms with Gasteiger partial charge in [-0.05, 0) is 30.0 Å². The lowest BCUT2D eigenvalue weighted by atomic mass is 10.00. The van der Waals surface area contributed by atoms with Crippen LogP contribution in [0.15, 0.2) is 54.7 Å². The van der Waals surface area contributed by atoms with E-state index in [-0.39, 0.29) is 0 Å². The van der Waals surface area contributed by atoms with E-state index in [4.69, 9.17) is 0 Å². The van der Waals surface area contributed by atoms with E-state index in [0.717, 1.165) is 26.1 Å². The number of fused-ring (bicyclic) bond motifs is 2. The molecular formula is C19H21N3. The van der Waals surface area contributed by atoms with Crippen LogP contribution in [0.1, 0.15) is 17.5 Å². The Labute approximate surface area is 131 Å². The maximum atomic E-state index is 4.51. The van der Waals surface area contributed by atoms with Crippen molar-refractivity contribution in [2.24, 2.45) is 0 Å². The first-order valence-electron chi connectivity index (χ1n) is 8.10. The standard InChI is InChI=1S/C19H21N3/c1-2-8-18-15-21(13-10-16(18)6-1)11-5-12-22-19-9-4-3-7-17(19)14-20-22/h1-4,6-9,14H,5,10-13,15H2. The van der Waals surface area contributed by atoms with Crippen LogP contribution in [0.5, 0.6) is 0 Å². The molecule has 0 radical (unpaired) electrons. The number of aromatic nitrogens is 2. The van der Waals surface area contributed by atoms with Gasteiger partial charge in [-0.1, -0.05) is 42.5 Å². The van der Waals surface area contributed by atoms with E-state index in [2.05, 4.69) is 63.2 Å². The Hall–Kier alpha value is -2.13. The molecule has 2 heterocycles. The van der Waals surface area contributed by atoms with Crippen LogP contribution in [0.4, 0.5) is 0 Å². The molecule has 1 aliphatic heterocycles. The maximum Gasteiger partial charge on any atom is 0.0682 e. The Kier molecular flexibility index (Phi) is 3.65. The average molecular weight is 291 g/mol. The highest BCUT2D eigenvalue weighted by Crippen LogP contribution is 2.19. The topological polar surface area (TPSA) is 21.1 Å². The summed E-state index contributed by atoms with van der Waals surface area (Å²) in [6.07, 6.45) is 4.29. The number of hydrogen-bond acceptors (Lipinski definition) is 2. The second-order valence-electron chi connectivity index (χ2n) is 6.07. The third-order valence-electron chi connectivity index (χ3n) is 4.61. The molecule has 0 spiro atoms. The van der Waals surface area contributed by atoms with Gasteiger partial charge >= 0.3 is 0 Å². The molecule has 3 aromatic rings. The molecule has 0 bridgehead atoms. The molecule has 3 nitrogen and oxygen atoms in total.